The van der Waals surface area contributed by atoms with E-state index < -0.39 is 0 Å². The fraction of sp³-hybridized carbons (Fsp3) is 0.318. The zero-order valence-corrected chi connectivity index (χ0v) is 16.7. The Hall–Kier alpha value is -3.15. The lowest BCUT2D eigenvalue weighted by Gasteiger charge is -2.18. The molecule has 0 saturated heterocycles. The highest BCUT2D eigenvalue weighted by Gasteiger charge is 2.21. The average Bonchev–Trinajstić information content (AvgIpc) is 2.73. The first-order valence-corrected chi connectivity index (χ1v) is 9.35. The summed E-state index contributed by atoms with van der Waals surface area (Å²) in [6.45, 7) is 4.04. The van der Waals surface area contributed by atoms with E-state index in [1.54, 1.807) is 20.4 Å². The second-order valence-corrected chi connectivity index (χ2v) is 6.55. The second-order valence-electron chi connectivity index (χ2n) is 6.55. The third-order valence-corrected chi connectivity index (χ3v) is 4.63. The van der Waals surface area contributed by atoms with Crippen LogP contribution in [0.15, 0.2) is 42.6 Å². The first kappa shape index (κ1) is 19.6. The summed E-state index contributed by atoms with van der Waals surface area (Å²) < 4.78 is 10.9. The van der Waals surface area contributed by atoms with Crippen LogP contribution in [0.4, 0.5) is 5.95 Å². The van der Waals surface area contributed by atoms with E-state index in [9.17, 15) is 4.79 Å². The number of carbonyl (C=O) groups excluding carboxylic acids is 1. The Kier molecular flexibility index (Phi) is 6.09. The van der Waals surface area contributed by atoms with Crippen LogP contribution >= 0.6 is 0 Å². The molecular weight excluding hydrogens is 354 g/mol. The maximum absolute atomic E-state index is 12.2. The Morgan fingerprint density at radius 1 is 1.25 bits per heavy atom. The lowest BCUT2D eigenvalue weighted by molar-refractivity contribution is -0.147. The van der Waals surface area contributed by atoms with Crippen molar-refractivity contribution in [2.45, 2.75) is 20.3 Å². The van der Waals surface area contributed by atoms with Crippen molar-refractivity contribution in [3.8, 4) is 16.9 Å². The molecule has 1 unspecified atom stereocenters. The minimum Gasteiger partial charge on any atom is -0.494 e. The summed E-state index contributed by atoms with van der Waals surface area (Å²) in [4.78, 5) is 21.2. The number of carbonyl (C=O) groups is 1. The van der Waals surface area contributed by atoms with Crippen molar-refractivity contribution in [2.24, 2.45) is 5.92 Å². The molecule has 0 amide bonds. The molecule has 0 aliphatic heterocycles. The maximum atomic E-state index is 12.2. The van der Waals surface area contributed by atoms with Gasteiger partial charge in [0.05, 0.1) is 19.6 Å². The first-order chi connectivity index (χ1) is 13.6. The Morgan fingerprint density at radius 3 is 2.64 bits per heavy atom. The molecule has 0 bridgehead atoms. The number of fused-ring (bicyclic) bond motifs is 1. The molecule has 0 fully saturated rings. The second kappa shape index (κ2) is 8.69. The van der Waals surface area contributed by atoms with Gasteiger partial charge in [0, 0.05) is 18.6 Å². The standard InChI is InChI=1S/C22H25N3O3/c1-5-28-21(26)14(2)11-16-12-17(15-9-7-6-8-10-15)18-13-24-22(23-3)25-19(18)20(16)27-4/h6-10,12-14H,5,11H2,1-4H3,(H,23,24,25). The van der Waals surface area contributed by atoms with E-state index in [2.05, 4.69) is 21.4 Å². The Bertz CT molecular complexity index is 974. The molecule has 0 saturated carbocycles. The molecular formula is C22H25N3O3. The monoisotopic (exact) mass is 379 g/mol. The van der Waals surface area contributed by atoms with Gasteiger partial charge in [-0.2, -0.15) is 0 Å². The van der Waals surface area contributed by atoms with Crippen molar-refractivity contribution >= 4 is 22.8 Å². The number of ether oxygens (including phenoxy) is 2. The summed E-state index contributed by atoms with van der Waals surface area (Å²) in [5.74, 6) is 0.662. The van der Waals surface area contributed by atoms with Crippen molar-refractivity contribution in [3.63, 3.8) is 0 Å². The van der Waals surface area contributed by atoms with E-state index in [1.807, 2.05) is 44.2 Å². The lowest BCUT2D eigenvalue weighted by Crippen LogP contribution is -2.17. The molecule has 146 valence electrons. The van der Waals surface area contributed by atoms with Gasteiger partial charge >= 0.3 is 5.97 Å². The van der Waals surface area contributed by atoms with E-state index in [4.69, 9.17) is 9.47 Å². The third-order valence-electron chi connectivity index (χ3n) is 4.63. The van der Waals surface area contributed by atoms with E-state index in [1.165, 1.54) is 0 Å². The summed E-state index contributed by atoms with van der Waals surface area (Å²) in [6, 6.07) is 12.1. The number of nitrogens with zero attached hydrogens (tertiary/aromatic N) is 2. The molecule has 2 aromatic carbocycles. The molecule has 3 aromatic rings. The first-order valence-electron chi connectivity index (χ1n) is 9.35. The molecule has 1 atom stereocenters. The fourth-order valence-electron chi connectivity index (χ4n) is 3.28. The lowest BCUT2D eigenvalue weighted by atomic mass is 9.93. The number of benzene rings is 2. The van der Waals surface area contributed by atoms with Crippen LogP contribution < -0.4 is 10.1 Å². The number of methoxy groups -OCH3 is 1. The van der Waals surface area contributed by atoms with E-state index in [-0.39, 0.29) is 11.9 Å². The molecule has 6 nitrogen and oxygen atoms in total. The fourth-order valence-corrected chi connectivity index (χ4v) is 3.28. The van der Waals surface area contributed by atoms with Crippen LogP contribution in [0.5, 0.6) is 5.75 Å². The van der Waals surface area contributed by atoms with Gasteiger partial charge in [-0.25, -0.2) is 9.97 Å². The van der Waals surface area contributed by atoms with Gasteiger partial charge in [0.1, 0.15) is 11.3 Å². The molecule has 1 heterocycles. The van der Waals surface area contributed by atoms with Gasteiger partial charge in [-0.1, -0.05) is 37.3 Å². The molecule has 28 heavy (non-hydrogen) atoms. The van der Waals surface area contributed by atoms with Crippen LogP contribution in [0.3, 0.4) is 0 Å². The molecule has 1 aromatic heterocycles. The number of rotatable bonds is 7. The predicted molar refractivity (Wildman–Crippen MR) is 111 cm³/mol. The molecule has 6 heteroatoms. The van der Waals surface area contributed by atoms with Gasteiger partial charge in [0.15, 0.2) is 0 Å². The Morgan fingerprint density at radius 2 is 2.00 bits per heavy atom. The van der Waals surface area contributed by atoms with Crippen molar-refractivity contribution in [1.82, 2.24) is 9.97 Å². The number of hydrogen-bond donors (Lipinski definition) is 1. The van der Waals surface area contributed by atoms with Crippen LogP contribution in [-0.4, -0.2) is 36.7 Å². The summed E-state index contributed by atoms with van der Waals surface area (Å²) in [6.07, 6.45) is 2.30. The van der Waals surface area contributed by atoms with Gasteiger partial charge in [-0.3, -0.25) is 4.79 Å². The number of hydrogen-bond acceptors (Lipinski definition) is 6. The van der Waals surface area contributed by atoms with Crippen LogP contribution in [0.2, 0.25) is 0 Å². The van der Waals surface area contributed by atoms with Crippen LogP contribution in [-0.2, 0) is 16.0 Å². The number of aromatic nitrogens is 2. The summed E-state index contributed by atoms with van der Waals surface area (Å²) in [5, 5.41) is 3.87. The quantitative estimate of drug-likeness (QED) is 0.624. The van der Waals surface area contributed by atoms with Crippen molar-refractivity contribution < 1.29 is 14.3 Å². The number of esters is 1. The molecule has 3 rings (SSSR count). The van der Waals surface area contributed by atoms with Crippen LogP contribution in [0.25, 0.3) is 22.0 Å². The summed E-state index contributed by atoms with van der Waals surface area (Å²) in [5.41, 5.74) is 3.69. The van der Waals surface area contributed by atoms with Crippen LogP contribution in [0.1, 0.15) is 19.4 Å². The zero-order valence-electron chi connectivity index (χ0n) is 16.7. The van der Waals surface area contributed by atoms with Crippen molar-refractivity contribution in [1.29, 1.82) is 0 Å². The highest BCUT2D eigenvalue weighted by Crippen LogP contribution is 2.37. The summed E-state index contributed by atoms with van der Waals surface area (Å²) >= 11 is 0. The topological polar surface area (TPSA) is 73.3 Å². The largest absolute Gasteiger partial charge is 0.494 e. The predicted octanol–water partition coefficient (Wildman–Crippen LogP) is 4.09. The number of nitrogens with one attached hydrogen (secondary N) is 1. The summed E-state index contributed by atoms with van der Waals surface area (Å²) in [7, 11) is 3.40. The minimum absolute atomic E-state index is 0.218. The Labute approximate surface area is 164 Å². The average molecular weight is 379 g/mol. The molecule has 1 N–H and O–H groups in total. The van der Waals surface area contributed by atoms with E-state index in [0.29, 0.717) is 30.2 Å². The smallest absolute Gasteiger partial charge is 0.308 e. The van der Waals surface area contributed by atoms with E-state index >= 15 is 0 Å². The van der Waals surface area contributed by atoms with Gasteiger partial charge < -0.3 is 14.8 Å². The van der Waals surface area contributed by atoms with Crippen molar-refractivity contribution in [3.05, 3.63) is 48.2 Å². The van der Waals surface area contributed by atoms with Gasteiger partial charge in [0.2, 0.25) is 5.95 Å². The highest BCUT2D eigenvalue weighted by atomic mass is 16.5. The van der Waals surface area contributed by atoms with Crippen LogP contribution in [0, 0.1) is 5.92 Å². The third kappa shape index (κ3) is 3.91. The van der Waals surface area contributed by atoms with E-state index in [0.717, 1.165) is 22.1 Å². The normalized spacial score (nSPS) is 11.9. The molecule has 0 radical (unpaired) electrons. The van der Waals surface area contributed by atoms with Gasteiger partial charge in [-0.15, -0.1) is 0 Å². The number of anilines is 1. The minimum atomic E-state index is -0.291. The molecule has 0 aliphatic rings. The molecule has 0 spiro atoms. The zero-order chi connectivity index (χ0) is 20.1. The molecule has 0 aliphatic carbocycles. The van der Waals surface area contributed by atoms with Gasteiger partial charge in [0.25, 0.3) is 0 Å². The maximum Gasteiger partial charge on any atom is 0.308 e. The highest BCUT2D eigenvalue weighted by molar-refractivity contribution is 5.99. The van der Waals surface area contributed by atoms with Gasteiger partial charge in [-0.05, 0) is 36.1 Å². The Balaban J connectivity index is 2.20. The SMILES string of the molecule is CCOC(=O)C(C)Cc1cc(-c2ccccc2)c2cnc(NC)nc2c1OC. The van der Waals surface area contributed by atoms with Crippen molar-refractivity contribution in [2.75, 3.05) is 26.1 Å².